The lowest BCUT2D eigenvalue weighted by Crippen LogP contribution is -2.60. The summed E-state index contributed by atoms with van der Waals surface area (Å²) in [5, 5.41) is 5.45. The van der Waals surface area contributed by atoms with Gasteiger partial charge in [-0.2, -0.15) is 0 Å². The molecular formula is C29H44N4O7S. The average Bonchev–Trinajstić information content (AvgIpc) is 3.47. The SMILES string of the molecule is CC(C)[C@@H]1CC(C(=O)NC2(C(=O)NS(=O)(=O)c3ccccc3)CC2)N(C(=O)[C@@H](NC(=O)OC(C)(C)C)C(C)(C)C)C1. The molecule has 1 saturated carbocycles. The van der Waals surface area contributed by atoms with E-state index in [1.807, 2.05) is 34.6 Å². The summed E-state index contributed by atoms with van der Waals surface area (Å²) < 4.78 is 32.9. The molecule has 0 spiro atoms. The van der Waals surface area contributed by atoms with E-state index in [0.717, 1.165) is 0 Å². The zero-order valence-corrected chi connectivity index (χ0v) is 26.1. The van der Waals surface area contributed by atoms with Crippen LogP contribution in [0.4, 0.5) is 4.79 Å². The number of ether oxygens (including phenoxy) is 1. The van der Waals surface area contributed by atoms with Gasteiger partial charge in [0.2, 0.25) is 11.8 Å². The molecule has 3 rings (SSSR count). The molecule has 0 bridgehead atoms. The van der Waals surface area contributed by atoms with E-state index in [4.69, 9.17) is 4.74 Å². The molecule has 0 aromatic heterocycles. The van der Waals surface area contributed by atoms with Crippen molar-refractivity contribution >= 4 is 33.8 Å². The summed E-state index contributed by atoms with van der Waals surface area (Å²) in [7, 11) is -4.12. The molecule has 11 nitrogen and oxygen atoms in total. The summed E-state index contributed by atoms with van der Waals surface area (Å²) in [6.45, 7) is 14.9. The molecule has 4 amide bonds. The van der Waals surface area contributed by atoms with Gasteiger partial charge in [-0.1, -0.05) is 52.8 Å². The van der Waals surface area contributed by atoms with Gasteiger partial charge in [0.15, 0.2) is 0 Å². The Morgan fingerprint density at radius 3 is 2.07 bits per heavy atom. The van der Waals surface area contributed by atoms with Gasteiger partial charge >= 0.3 is 6.09 Å². The molecule has 2 aliphatic rings. The molecule has 228 valence electrons. The fourth-order valence-corrected chi connectivity index (χ4v) is 5.89. The molecule has 3 N–H and O–H groups in total. The van der Waals surface area contributed by atoms with Crippen LogP contribution >= 0.6 is 0 Å². The zero-order chi connectivity index (χ0) is 31.0. The third kappa shape index (κ3) is 7.99. The monoisotopic (exact) mass is 592 g/mol. The van der Waals surface area contributed by atoms with E-state index < -0.39 is 62.5 Å². The van der Waals surface area contributed by atoms with Crippen molar-refractivity contribution in [2.24, 2.45) is 17.3 Å². The highest BCUT2D eigenvalue weighted by Gasteiger charge is 2.54. The summed E-state index contributed by atoms with van der Waals surface area (Å²) in [5.41, 5.74) is -2.84. The number of benzene rings is 1. The van der Waals surface area contributed by atoms with Gasteiger partial charge in [-0.05, 0) is 69.4 Å². The van der Waals surface area contributed by atoms with Crippen LogP contribution < -0.4 is 15.4 Å². The van der Waals surface area contributed by atoms with E-state index in [9.17, 15) is 27.6 Å². The number of rotatable bonds is 8. The second-order valence-corrected chi connectivity index (χ2v) is 15.2. The standard InChI is InChI=1S/C29H44N4O7S/c1-18(2)19-16-21(33(17-19)24(35)22(27(3,4)5)30-26(37)40-28(6,7)8)23(34)31-29(14-15-29)25(36)32-41(38,39)20-12-10-9-11-13-20/h9-13,18-19,21-22H,14-17H2,1-8H3,(H,30,37)(H,31,34)(H,32,36)/t19-,21?,22-/m1/s1. The third-order valence-electron chi connectivity index (χ3n) is 7.46. The molecule has 1 unspecified atom stereocenters. The Balaban J connectivity index is 1.80. The number of alkyl carbamates (subject to hydrolysis) is 1. The maximum absolute atomic E-state index is 14.0. The van der Waals surface area contributed by atoms with E-state index in [1.54, 1.807) is 39.0 Å². The summed E-state index contributed by atoms with van der Waals surface area (Å²) in [6.07, 6.45) is 0.181. The van der Waals surface area contributed by atoms with E-state index in [1.165, 1.54) is 17.0 Å². The molecule has 1 saturated heterocycles. The fourth-order valence-electron chi connectivity index (χ4n) is 4.81. The third-order valence-corrected chi connectivity index (χ3v) is 8.81. The molecule has 1 aromatic carbocycles. The number of carbonyl (C=O) groups is 4. The summed E-state index contributed by atoms with van der Waals surface area (Å²) in [5.74, 6) is -1.59. The van der Waals surface area contributed by atoms with Crippen molar-refractivity contribution in [3.05, 3.63) is 30.3 Å². The van der Waals surface area contributed by atoms with Gasteiger partial charge < -0.3 is 20.3 Å². The molecule has 1 aliphatic heterocycles. The molecule has 41 heavy (non-hydrogen) atoms. The molecule has 0 radical (unpaired) electrons. The van der Waals surface area contributed by atoms with Crippen molar-refractivity contribution in [2.75, 3.05) is 6.54 Å². The summed E-state index contributed by atoms with van der Waals surface area (Å²) in [6, 6.07) is 5.64. The lowest BCUT2D eigenvalue weighted by Gasteiger charge is -2.36. The molecular weight excluding hydrogens is 548 g/mol. The highest BCUT2D eigenvalue weighted by molar-refractivity contribution is 7.90. The number of nitrogens with one attached hydrogen (secondary N) is 3. The van der Waals surface area contributed by atoms with Crippen LogP contribution in [0.2, 0.25) is 0 Å². The van der Waals surface area contributed by atoms with Crippen LogP contribution in [0, 0.1) is 17.3 Å². The molecule has 2 fully saturated rings. The first kappa shape index (κ1) is 32.4. The van der Waals surface area contributed by atoms with Crippen molar-refractivity contribution in [1.29, 1.82) is 0 Å². The quantitative estimate of drug-likeness (QED) is 0.420. The first-order valence-electron chi connectivity index (χ1n) is 14.0. The van der Waals surface area contributed by atoms with E-state index in [0.29, 0.717) is 13.0 Å². The number of carbonyl (C=O) groups excluding carboxylic acids is 4. The van der Waals surface area contributed by atoms with Gasteiger partial charge in [0.1, 0.15) is 23.2 Å². The first-order valence-corrected chi connectivity index (χ1v) is 15.5. The van der Waals surface area contributed by atoms with Crippen LogP contribution in [-0.4, -0.2) is 66.9 Å². The highest BCUT2D eigenvalue weighted by atomic mass is 32.2. The maximum Gasteiger partial charge on any atom is 0.408 e. The van der Waals surface area contributed by atoms with Crippen LogP contribution in [-0.2, 0) is 29.1 Å². The Hall–Kier alpha value is -3.15. The number of hydrogen-bond acceptors (Lipinski definition) is 7. The van der Waals surface area contributed by atoms with Crippen LogP contribution in [0.5, 0.6) is 0 Å². The van der Waals surface area contributed by atoms with Crippen molar-refractivity contribution in [2.45, 2.75) is 103 Å². The van der Waals surface area contributed by atoms with Crippen molar-refractivity contribution in [3.8, 4) is 0 Å². The minimum Gasteiger partial charge on any atom is -0.444 e. The van der Waals surface area contributed by atoms with Crippen LogP contribution in [0.3, 0.4) is 0 Å². The minimum absolute atomic E-state index is 0.0132. The lowest BCUT2D eigenvalue weighted by atomic mass is 9.85. The first-order chi connectivity index (χ1) is 18.8. The van der Waals surface area contributed by atoms with Crippen LogP contribution in [0.25, 0.3) is 0 Å². The smallest absolute Gasteiger partial charge is 0.408 e. The van der Waals surface area contributed by atoms with Gasteiger partial charge in [0.05, 0.1) is 4.90 Å². The van der Waals surface area contributed by atoms with Gasteiger partial charge in [0.25, 0.3) is 15.9 Å². The predicted octanol–water partition coefficient (Wildman–Crippen LogP) is 2.95. The van der Waals surface area contributed by atoms with Gasteiger partial charge in [0, 0.05) is 6.54 Å². The second-order valence-electron chi connectivity index (χ2n) is 13.5. The molecule has 1 aromatic rings. The Morgan fingerprint density at radius 1 is 1.00 bits per heavy atom. The number of amides is 4. The van der Waals surface area contributed by atoms with Crippen molar-refractivity contribution < 1.29 is 32.3 Å². The topological polar surface area (TPSA) is 151 Å². The number of hydrogen-bond donors (Lipinski definition) is 3. The molecule has 3 atom stereocenters. The predicted molar refractivity (Wildman–Crippen MR) is 153 cm³/mol. The Labute approximate surface area is 243 Å². The number of nitrogens with zero attached hydrogens (tertiary/aromatic N) is 1. The number of likely N-dealkylation sites (tertiary alicyclic amines) is 1. The minimum atomic E-state index is -4.12. The van der Waals surface area contributed by atoms with Crippen LogP contribution in [0.1, 0.15) is 74.7 Å². The molecule has 1 heterocycles. The van der Waals surface area contributed by atoms with Gasteiger partial charge in [-0.3, -0.25) is 14.4 Å². The van der Waals surface area contributed by atoms with Crippen LogP contribution in [0.15, 0.2) is 35.2 Å². The van der Waals surface area contributed by atoms with E-state index in [-0.39, 0.29) is 29.6 Å². The Kier molecular flexibility index (Phi) is 9.17. The van der Waals surface area contributed by atoms with Gasteiger partial charge in [-0.15, -0.1) is 0 Å². The van der Waals surface area contributed by atoms with E-state index in [2.05, 4.69) is 15.4 Å². The summed E-state index contributed by atoms with van der Waals surface area (Å²) in [4.78, 5) is 54.7. The highest BCUT2D eigenvalue weighted by Crippen LogP contribution is 2.38. The zero-order valence-electron chi connectivity index (χ0n) is 25.2. The fraction of sp³-hybridized carbons (Fsp3) is 0.655. The maximum atomic E-state index is 14.0. The van der Waals surface area contributed by atoms with E-state index >= 15 is 0 Å². The lowest BCUT2D eigenvalue weighted by molar-refractivity contribution is -0.142. The molecule has 12 heteroatoms. The number of sulfonamides is 1. The molecule has 1 aliphatic carbocycles. The second kappa shape index (κ2) is 11.6. The van der Waals surface area contributed by atoms with Crippen molar-refractivity contribution in [3.63, 3.8) is 0 Å². The average molecular weight is 593 g/mol. The van der Waals surface area contributed by atoms with Crippen molar-refractivity contribution in [1.82, 2.24) is 20.3 Å². The van der Waals surface area contributed by atoms with Gasteiger partial charge in [-0.25, -0.2) is 17.9 Å². The Bertz CT molecular complexity index is 1260. The summed E-state index contributed by atoms with van der Waals surface area (Å²) >= 11 is 0. The largest absolute Gasteiger partial charge is 0.444 e. The Morgan fingerprint density at radius 2 is 1.59 bits per heavy atom. The normalized spacial score (nSPS) is 21.1.